The standard InChI is InChI=1S/C20H20N6OS/c1-3-7-17-22-18(27-25-17)13-28-20-24-23-19(15-9-6-11-21-12-15)26(20)16-10-5-4-8-14(16)2/h4-6,8-12H,3,7,13H2,1-2H3. The summed E-state index contributed by atoms with van der Waals surface area (Å²) in [6, 6.07) is 12.1. The number of thioether (sulfide) groups is 1. The third-order valence-corrected chi connectivity index (χ3v) is 5.13. The van der Waals surface area contributed by atoms with Gasteiger partial charge in [0.1, 0.15) is 0 Å². The Hall–Kier alpha value is -3.00. The van der Waals surface area contributed by atoms with Crippen LogP contribution in [-0.4, -0.2) is 29.9 Å². The molecule has 28 heavy (non-hydrogen) atoms. The maximum absolute atomic E-state index is 5.35. The molecular weight excluding hydrogens is 372 g/mol. The predicted octanol–water partition coefficient (Wildman–Crippen LogP) is 4.27. The molecule has 3 heterocycles. The Morgan fingerprint density at radius 1 is 1.11 bits per heavy atom. The number of benzene rings is 1. The largest absolute Gasteiger partial charge is 0.338 e. The predicted molar refractivity (Wildman–Crippen MR) is 107 cm³/mol. The molecule has 0 saturated carbocycles. The molecule has 4 aromatic rings. The lowest BCUT2D eigenvalue weighted by atomic mass is 10.2. The normalized spacial score (nSPS) is 11.1. The summed E-state index contributed by atoms with van der Waals surface area (Å²) < 4.78 is 7.41. The van der Waals surface area contributed by atoms with Crippen LogP contribution in [0.4, 0.5) is 0 Å². The van der Waals surface area contributed by atoms with E-state index in [0.717, 1.165) is 46.5 Å². The van der Waals surface area contributed by atoms with E-state index in [1.54, 1.807) is 12.4 Å². The summed E-state index contributed by atoms with van der Waals surface area (Å²) in [5.41, 5.74) is 3.08. The Kier molecular flexibility index (Phi) is 5.48. The first-order valence-corrected chi connectivity index (χ1v) is 10.1. The van der Waals surface area contributed by atoms with Crippen LogP contribution < -0.4 is 0 Å². The molecule has 0 bridgehead atoms. The van der Waals surface area contributed by atoms with Crippen molar-refractivity contribution in [1.82, 2.24) is 29.9 Å². The van der Waals surface area contributed by atoms with Crippen molar-refractivity contribution >= 4 is 11.8 Å². The number of rotatable bonds is 7. The first kappa shape index (κ1) is 18.4. The van der Waals surface area contributed by atoms with Gasteiger partial charge in [0.05, 0.1) is 11.4 Å². The van der Waals surface area contributed by atoms with E-state index in [1.807, 2.05) is 24.3 Å². The molecule has 0 aliphatic rings. The highest BCUT2D eigenvalue weighted by atomic mass is 32.2. The van der Waals surface area contributed by atoms with E-state index in [2.05, 4.69) is 55.9 Å². The summed E-state index contributed by atoms with van der Waals surface area (Å²) in [5.74, 6) is 2.63. The van der Waals surface area contributed by atoms with E-state index in [4.69, 9.17) is 4.52 Å². The Balaban J connectivity index is 1.69. The van der Waals surface area contributed by atoms with Crippen molar-refractivity contribution in [2.45, 2.75) is 37.6 Å². The topological polar surface area (TPSA) is 82.5 Å². The van der Waals surface area contributed by atoms with Gasteiger partial charge in [-0.2, -0.15) is 4.98 Å². The molecule has 8 heteroatoms. The molecule has 0 fully saturated rings. The first-order chi connectivity index (χ1) is 13.8. The molecule has 0 atom stereocenters. The maximum atomic E-state index is 5.35. The number of pyridine rings is 1. The summed E-state index contributed by atoms with van der Waals surface area (Å²) in [6.07, 6.45) is 5.35. The molecule has 0 saturated heterocycles. The molecule has 0 spiro atoms. The summed E-state index contributed by atoms with van der Waals surface area (Å²) in [5, 5.41) is 13.6. The van der Waals surface area contributed by atoms with Crippen molar-refractivity contribution in [1.29, 1.82) is 0 Å². The molecule has 1 aromatic carbocycles. The Bertz CT molecular complexity index is 1060. The van der Waals surface area contributed by atoms with Crippen molar-refractivity contribution < 1.29 is 4.52 Å². The third-order valence-electron chi connectivity index (χ3n) is 4.22. The van der Waals surface area contributed by atoms with E-state index >= 15 is 0 Å². The summed E-state index contributed by atoms with van der Waals surface area (Å²) in [7, 11) is 0. The molecular formula is C20H20N6OS. The van der Waals surface area contributed by atoms with Gasteiger partial charge in [0.2, 0.25) is 5.89 Å². The van der Waals surface area contributed by atoms with E-state index in [-0.39, 0.29) is 0 Å². The molecule has 7 nitrogen and oxygen atoms in total. The van der Waals surface area contributed by atoms with Crippen LogP contribution >= 0.6 is 11.8 Å². The second kappa shape index (κ2) is 8.35. The fraction of sp³-hybridized carbons (Fsp3) is 0.250. The van der Waals surface area contributed by atoms with Gasteiger partial charge in [0, 0.05) is 24.4 Å². The van der Waals surface area contributed by atoms with Gasteiger partial charge < -0.3 is 4.52 Å². The highest BCUT2D eigenvalue weighted by molar-refractivity contribution is 7.98. The number of hydrogen-bond donors (Lipinski definition) is 0. The minimum Gasteiger partial charge on any atom is -0.338 e. The van der Waals surface area contributed by atoms with Gasteiger partial charge in [-0.25, -0.2) is 0 Å². The number of para-hydroxylation sites is 1. The highest BCUT2D eigenvalue weighted by Gasteiger charge is 2.18. The molecule has 0 N–H and O–H groups in total. The van der Waals surface area contributed by atoms with Gasteiger partial charge in [0.25, 0.3) is 0 Å². The molecule has 0 aliphatic heterocycles. The van der Waals surface area contributed by atoms with Crippen molar-refractivity contribution in [2.24, 2.45) is 0 Å². The van der Waals surface area contributed by atoms with E-state index in [9.17, 15) is 0 Å². The van der Waals surface area contributed by atoms with Crippen LogP contribution in [0.1, 0.15) is 30.6 Å². The van der Waals surface area contributed by atoms with Gasteiger partial charge in [-0.1, -0.05) is 42.0 Å². The Morgan fingerprint density at radius 2 is 2.00 bits per heavy atom. The molecule has 4 rings (SSSR count). The van der Waals surface area contributed by atoms with Gasteiger partial charge >= 0.3 is 0 Å². The minimum atomic E-state index is 0.535. The van der Waals surface area contributed by atoms with Crippen LogP contribution in [0.3, 0.4) is 0 Å². The van der Waals surface area contributed by atoms with Crippen molar-refractivity contribution in [3.63, 3.8) is 0 Å². The molecule has 0 radical (unpaired) electrons. The zero-order valence-electron chi connectivity index (χ0n) is 15.7. The average Bonchev–Trinajstić information content (AvgIpc) is 3.34. The fourth-order valence-electron chi connectivity index (χ4n) is 2.88. The highest BCUT2D eigenvalue weighted by Crippen LogP contribution is 2.30. The van der Waals surface area contributed by atoms with Gasteiger partial charge in [0.15, 0.2) is 16.8 Å². The smallest absolute Gasteiger partial charge is 0.237 e. The molecule has 0 aliphatic carbocycles. The minimum absolute atomic E-state index is 0.535. The van der Waals surface area contributed by atoms with E-state index in [1.165, 1.54) is 11.8 Å². The lowest BCUT2D eigenvalue weighted by Crippen LogP contribution is -2.02. The number of nitrogens with zero attached hydrogens (tertiary/aromatic N) is 6. The first-order valence-electron chi connectivity index (χ1n) is 9.12. The lowest BCUT2D eigenvalue weighted by Gasteiger charge is -2.12. The van der Waals surface area contributed by atoms with Gasteiger partial charge in [-0.15, -0.1) is 10.2 Å². The fourth-order valence-corrected chi connectivity index (χ4v) is 3.66. The van der Waals surface area contributed by atoms with E-state index in [0.29, 0.717) is 11.6 Å². The number of aromatic nitrogens is 6. The molecule has 0 amide bonds. The van der Waals surface area contributed by atoms with Gasteiger partial charge in [-0.05, 0) is 37.1 Å². The zero-order valence-corrected chi connectivity index (χ0v) is 16.6. The summed E-state index contributed by atoms with van der Waals surface area (Å²) in [4.78, 5) is 8.65. The SMILES string of the molecule is CCCc1noc(CSc2nnc(-c3cccnc3)n2-c2ccccc2C)n1. The van der Waals surface area contributed by atoms with Gasteiger partial charge in [-0.3, -0.25) is 9.55 Å². The van der Waals surface area contributed by atoms with Crippen LogP contribution in [-0.2, 0) is 12.2 Å². The van der Waals surface area contributed by atoms with Crippen LogP contribution in [0.25, 0.3) is 17.1 Å². The van der Waals surface area contributed by atoms with Crippen LogP contribution in [0.5, 0.6) is 0 Å². The van der Waals surface area contributed by atoms with Crippen molar-refractivity contribution in [2.75, 3.05) is 0 Å². The monoisotopic (exact) mass is 392 g/mol. The second-order valence-corrected chi connectivity index (χ2v) is 7.26. The zero-order chi connectivity index (χ0) is 19.3. The molecule has 0 unspecified atom stereocenters. The quantitative estimate of drug-likeness (QED) is 0.434. The van der Waals surface area contributed by atoms with Crippen molar-refractivity contribution in [3.05, 3.63) is 66.1 Å². The second-order valence-electron chi connectivity index (χ2n) is 6.31. The van der Waals surface area contributed by atoms with Crippen LogP contribution in [0, 0.1) is 6.92 Å². The lowest BCUT2D eigenvalue weighted by molar-refractivity contribution is 0.384. The van der Waals surface area contributed by atoms with Crippen LogP contribution in [0.15, 0.2) is 58.5 Å². The molecule has 142 valence electrons. The average molecular weight is 392 g/mol. The summed E-state index contributed by atoms with van der Waals surface area (Å²) in [6.45, 7) is 4.17. The maximum Gasteiger partial charge on any atom is 0.237 e. The summed E-state index contributed by atoms with van der Waals surface area (Å²) >= 11 is 1.52. The number of aryl methyl sites for hydroxylation is 2. The third kappa shape index (κ3) is 3.82. The van der Waals surface area contributed by atoms with E-state index < -0.39 is 0 Å². The van der Waals surface area contributed by atoms with Crippen molar-refractivity contribution in [3.8, 4) is 17.1 Å². The Morgan fingerprint density at radius 3 is 2.79 bits per heavy atom. The number of hydrogen-bond acceptors (Lipinski definition) is 7. The molecule has 3 aromatic heterocycles. The Labute approximate surface area is 167 Å². The van der Waals surface area contributed by atoms with Crippen LogP contribution in [0.2, 0.25) is 0 Å².